The fourth-order valence-electron chi connectivity index (χ4n) is 3.87. The van der Waals surface area contributed by atoms with Gasteiger partial charge in [0.15, 0.2) is 0 Å². The van der Waals surface area contributed by atoms with Gasteiger partial charge in [-0.1, -0.05) is 36.4 Å². The molecule has 6 heteroatoms. The lowest BCUT2D eigenvalue weighted by molar-refractivity contribution is 0.261. The van der Waals surface area contributed by atoms with Crippen molar-refractivity contribution in [3.63, 3.8) is 0 Å². The Kier molecular flexibility index (Phi) is 7.89. The van der Waals surface area contributed by atoms with Crippen LogP contribution in [-0.2, 0) is 6.42 Å². The normalized spacial score (nSPS) is 10.5. The molecule has 0 aliphatic rings. The van der Waals surface area contributed by atoms with E-state index < -0.39 is 0 Å². The molecule has 37 heavy (non-hydrogen) atoms. The zero-order chi connectivity index (χ0) is 26.4. The van der Waals surface area contributed by atoms with E-state index in [1.54, 1.807) is 0 Å². The van der Waals surface area contributed by atoms with Gasteiger partial charge in [0.25, 0.3) is 0 Å². The van der Waals surface area contributed by atoms with E-state index in [2.05, 4.69) is 21.3 Å². The number of hydrogen-bond acceptors (Lipinski definition) is 2. The van der Waals surface area contributed by atoms with Crippen molar-refractivity contribution < 1.29 is 9.59 Å². The number of benzene rings is 4. The molecule has 0 fully saturated rings. The van der Waals surface area contributed by atoms with Crippen LogP contribution >= 0.6 is 0 Å². The Morgan fingerprint density at radius 2 is 0.784 bits per heavy atom. The molecule has 4 N–H and O–H groups in total. The summed E-state index contributed by atoms with van der Waals surface area (Å²) < 4.78 is 0. The summed E-state index contributed by atoms with van der Waals surface area (Å²) in [5.74, 6) is 0. The molecule has 0 aliphatic carbocycles. The molecule has 0 bridgehead atoms. The van der Waals surface area contributed by atoms with Crippen LogP contribution < -0.4 is 21.3 Å². The Morgan fingerprint density at radius 3 is 1.14 bits per heavy atom. The maximum absolute atomic E-state index is 12.3. The van der Waals surface area contributed by atoms with Crippen LogP contribution in [-0.4, -0.2) is 12.1 Å². The van der Waals surface area contributed by atoms with E-state index in [4.69, 9.17) is 0 Å². The van der Waals surface area contributed by atoms with Crippen LogP contribution in [0.15, 0.2) is 84.9 Å². The van der Waals surface area contributed by atoms with Gasteiger partial charge in [0, 0.05) is 22.7 Å². The van der Waals surface area contributed by atoms with Gasteiger partial charge in [-0.25, -0.2) is 9.59 Å². The average molecular weight is 493 g/mol. The average Bonchev–Trinajstić information content (AvgIpc) is 2.86. The Labute approximate surface area is 218 Å². The van der Waals surface area contributed by atoms with Crippen LogP contribution in [0.1, 0.15) is 33.4 Å². The van der Waals surface area contributed by atoms with Crippen molar-refractivity contribution in [3.05, 3.63) is 118 Å². The van der Waals surface area contributed by atoms with Crippen molar-refractivity contribution in [1.29, 1.82) is 0 Å². The highest BCUT2D eigenvalue weighted by molar-refractivity contribution is 6.00. The van der Waals surface area contributed by atoms with Gasteiger partial charge in [-0.05, 0) is 116 Å². The van der Waals surface area contributed by atoms with Gasteiger partial charge < -0.3 is 21.3 Å². The second-order valence-corrected chi connectivity index (χ2v) is 9.33. The zero-order valence-corrected chi connectivity index (χ0v) is 21.6. The third-order valence-electron chi connectivity index (χ3n) is 6.36. The van der Waals surface area contributed by atoms with Crippen LogP contribution in [0.4, 0.5) is 32.3 Å². The number of hydrogen-bond donors (Lipinski definition) is 4. The summed E-state index contributed by atoms with van der Waals surface area (Å²) in [4.78, 5) is 24.7. The molecule has 0 aliphatic heterocycles. The minimum Gasteiger partial charge on any atom is -0.308 e. The molecule has 4 rings (SSSR count). The van der Waals surface area contributed by atoms with Crippen molar-refractivity contribution in [1.82, 2.24) is 0 Å². The smallest absolute Gasteiger partial charge is 0.308 e. The topological polar surface area (TPSA) is 82.3 Å². The SMILES string of the molecule is Cc1ccc(NC(=O)Nc2ccc(Cc3ccc(NC(=O)Nc4ccc(C)c(C)c4)cc3)cc2)cc1C. The van der Waals surface area contributed by atoms with Gasteiger partial charge in [-0.15, -0.1) is 0 Å². The van der Waals surface area contributed by atoms with Gasteiger partial charge in [0.1, 0.15) is 0 Å². The predicted octanol–water partition coefficient (Wildman–Crippen LogP) is 7.80. The van der Waals surface area contributed by atoms with Crippen LogP contribution in [0.2, 0.25) is 0 Å². The predicted molar refractivity (Wildman–Crippen MR) is 153 cm³/mol. The first kappa shape index (κ1) is 25.5. The molecule has 0 saturated heterocycles. The van der Waals surface area contributed by atoms with E-state index in [1.807, 2.05) is 113 Å². The second kappa shape index (κ2) is 11.4. The summed E-state index contributed by atoms with van der Waals surface area (Å²) in [6, 6.07) is 26.7. The summed E-state index contributed by atoms with van der Waals surface area (Å²) in [5.41, 5.74) is 9.84. The third-order valence-corrected chi connectivity index (χ3v) is 6.36. The lowest BCUT2D eigenvalue weighted by atomic mass is 10.0. The molecule has 0 heterocycles. The molecular formula is C31H32N4O2. The molecular weight excluding hydrogens is 460 g/mol. The number of carbonyl (C=O) groups is 2. The summed E-state index contributed by atoms with van der Waals surface area (Å²) in [5, 5.41) is 11.5. The van der Waals surface area contributed by atoms with Crippen molar-refractivity contribution in [3.8, 4) is 0 Å². The molecule has 0 unspecified atom stereocenters. The number of rotatable bonds is 6. The van der Waals surface area contributed by atoms with E-state index in [1.165, 1.54) is 11.1 Å². The molecule has 6 nitrogen and oxygen atoms in total. The van der Waals surface area contributed by atoms with Crippen molar-refractivity contribution in [2.24, 2.45) is 0 Å². The molecule has 0 radical (unpaired) electrons. The van der Waals surface area contributed by atoms with E-state index in [9.17, 15) is 9.59 Å². The third kappa shape index (κ3) is 7.21. The molecule has 188 valence electrons. The molecule has 0 saturated carbocycles. The van der Waals surface area contributed by atoms with Crippen LogP contribution in [0, 0.1) is 27.7 Å². The minimum atomic E-state index is -0.277. The number of carbonyl (C=O) groups excluding carboxylic acids is 2. The van der Waals surface area contributed by atoms with Gasteiger partial charge in [-0.2, -0.15) is 0 Å². The van der Waals surface area contributed by atoms with E-state index in [-0.39, 0.29) is 12.1 Å². The highest BCUT2D eigenvalue weighted by Gasteiger charge is 2.06. The lowest BCUT2D eigenvalue weighted by Crippen LogP contribution is -2.19. The number of amides is 4. The highest BCUT2D eigenvalue weighted by Crippen LogP contribution is 2.19. The molecule has 4 aromatic carbocycles. The molecule has 4 aromatic rings. The largest absolute Gasteiger partial charge is 0.323 e. The molecule has 0 atom stereocenters. The van der Waals surface area contributed by atoms with E-state index >= 15 is 0 Å². The standard InChI is InChI=1S/C31H32N4O2/c1-20-5-11-28(17-22(20)3)34-30(36)32-26-13-7-24(8-14-26)19-25-9-15-27(16-10-25)33-31(37)35-29-12-6-21(2)23(4)18-29/h5-18H,19H2,1-4H3,(H2,32,34,36)(H2,33,35,37). The number of aryl methyl sites for hydroxylation is 4. The van der Waals surface area contributed by atoms with Gasteiger partial charge in [0.2, 0.25) is 0 Å². The summed E-state index contributed by atoms with van der Waals surface area (Å²) in [6.45, 7) is 8.12. The van der Waals surface area contributed by atoms with Crippen molar-refractivity contribution in [2.75, 3.05) is 21.3 Å². The highest BCUT2D eigenvalue weighted by atomic mass is 16.2. The fourth-order valence-corrected chi connectivity index (χ4v) is 3.87. The lowest BCUT2D eigenvalue weighted by Gasteiger charge is -2.11. The van der Waals surface area contributed by atoms with Crippen LogP contribution in [0.3, 0.4) is 0 Å². The zero-order valence-electron chi connectivity index (χ0n) is 21.6. The first-order valence-electron chi connectivity index (χ1n) is 12.2. The first-order valence-corrected chi connectivity index (χ1v) is 12.2. The number of urea groups is 2. The van der Waals surface area contributed by atoms with Gasteiger partial charge in [0.05, 0.1) is 0 Å². The minimum absolute atomic E-state index is 0.277. The first-order chi connectivity index (χ1) is 17.7. The molecule has 0 aromatic heterocycles. The summed E-state index contributed by atoms with van der Waals surface area (Å²) >= 11 is 0. The number of anilines is 4. The Morgan fingerprint density at radius 1 is 0.459 bits per heavy atom. The maximum atomic E-state index is 12.3. The monoisotopic (exact) mass is 492 g/mol. The molecule has 0 spiro atoms. The van der Waals surface area contributed by atoms with Gasteiger partial charge in [-0.3, -0.25) is 0 Å². The van der Waals surface area contributed by atoms with E-state index in [0.29, 0.717) is 0 Å². The van der Waals surface area contributed by atoms with E-state index in [0.717, 1.165) is 51.4 Å². The Bertz CT molecular complexity index is 1300. The Hall–Kier alpha value is -4.58. The van der Waals surface area contributed by atoms with Gasteiger partial charge >= 0.3 is 12.1 Å². The van der Waals surface area contributed by atoms with Crippen molar-refractivity contribution >= 4 is 34.8 Å². The maximum Gasteiger partial charge on any atom is 0.323 e. The summed E-state index contributed by atoms with van der Waals surface area (Å²) in [7, 11) is 0. The Balaban J connectivity index is 1.27. The van der Waals surface area contributed by atoms with Crippen LogP contribution in [0.25, 0.3) is 0 Å². The second-order valence-electron chi connectivity index (χ2n) is 9.33. The van der Waals surface area contributed by atoms with Crippen molar-refractivity contribution in [2.45, 2.75) is 34.1 Å². The fraction of sp³-hybridized carbons (Fsp3) is 0.161. The van der Waals surface area contributed by atoms with Crippen LogP contribution in [0.5, 0.6) is 0 Å². The quantitative estimate of drug-likeness (QED) is 0.221. The summed E-state index contributed by atoms with van der Waals surface area (Å²) in [6.07, 6.45) is 0.740. The number of nitrogens with one attached hydrogen (secondary N) is 4. The molecule has 4 amide bonds.